The van der Waals surface area contributed by atoms with Crippen LogP contribution in [0.4, 0.5) is 10.6 Å². The number of fused-ring (bicyclic) bond motifs is 1. The number of anilines is 1. The van der Waals surface area contributed by atoms with E-state index >= 15 is 0 Å². The second-order valence-electron chi connectivity index (χ2n) is 5.64. The maximum atomic E-state index is 11.5. The van der Waals surface area contributed by atoms with Crippen LogP contribution < -0.4 is 10.6 Å². The molecule has 2 amide bonds. The van der Waals surface area contributed by atoms with Gasteiger partial charge in [0.25, 0.3) is 0 Å². The van der Waals surface area contributed by atoms with Gasteiger partial charge in [0.15, 0.2) is 5.65 Å². The average Bonchev–Trinajstić information content (AvgIpc) is 3.22. The number of aromatic nitrogens is 3. The van der Waals surface area contributed by atoms with Crippen molar-refractivity contribution < 1.29 is 4.79 Å². The maximum Gasteiger partial charge on any atom is 0.317 e. The number of hydrogen-bond acceptors (Lipinski definition) is 4. The molecule has 2 aromatic heterocycles. The van der Waals surface area contributed by atoms with E-state index in [0.29, 0.717) is 13.1 Å². The number of amides is 2. The van der Waals surface area contributed by atoms with E-state index in [4.69, 9.17) is 0 Å². The molecule has 24 heavy (non-hydrogen) atoms. The zero-order chi connectivity index (χ0) is 16.4. The highest BCUT2D eigenvalue weighted by Crippen LogP contribution is 2.20. The molecule has 1 aromatic carbocycles. The fraction of sp³-hybridized carbons (Fsp3) is 0.235. The molecule has 0 aliphatic carbocycles. The first kappa shape index (κ1) is 14.5. The Labute approximate surface area is 139 Å². The highest BCUT2D eigenvalue weighted by atomic mass is 16.2. The summed E-state index contributed by atoms with van der Waals surface area (Å²) in [4.78, 5) is 17.7. The van der Waals surface area contributed by atoms with Gasteiger partial charge in [-0.2, -0.15) is 0 Å². The van der Waals surface area contributed by atoms with Gasteiger partial charge >= 0.3 is 6.03 Å². The second kappa shape index (κ2) is 6.19. The van der Waals surface area contributed by atoms with E-state index < -0.39 is 0 Å². The fourth-order valence-electron chi connectivity index (χ4n) is 2.82. The molecular formula is C17H18N6O. The SMILES string of the molecule is O=C1NCCN1CCNc1ccc2ncc(-c3ccccc3)n2n1. The quantitative estimate of drug-likeness (QED) is 0.751. The van der Waals surface area contributed by atoms with Gasteiger partial charge in [-0.25, -0.2) is 14.3 Å². The van der Waals surface area contributed by atoms with Gasteiger partial charge in [0.2, 0.25) is 0 Å². The van der Waals surface area contributed by atoms with Crippen LogP contribution in [0.25, 0.3) is 16.9 Å². The monoisotopic (exact) mass is 322 g/mol. The van der Waals surface area contributed by atoms with Gasteiger partial charge in [0, 0.05) is 31.7 Å². The molecule has 1 aliphatic rings. The fourth-order valence-corrected chi connectivity index (χ4v) is 2.82. The zero-order valence-corrected chi connectivity index (χ0v) is 13.1. The zero-order valence-electron chi connectivity index (χ0n) is 13.1. The van der Waals surface area contributed by atoms with Crippen molar-refractivity contribution in [1.29, 1.82) is 0 Å². The van der Waals surface area contributed by atoms with Crippen LogP contribution in [0.15, 0.2) is 48.7 Å². The van der Waals surface area contributed by atoms with Crippen molar-refractivity contribution in [2.24, 2.45) is 0 Å². The summed E-state index contributed by atoms with van der Waals surface area (Å²) in [6.45, 7) is 2.79. The van der Waals surface area contributed by atoms with Gasteiger partial charge < -0.3 is 15.5 Å². The van der Waals surface area contributed by atoms with E-state index in [2.05, 4.69) is 20.7 Å². The lowest BCUT2D eigenvalue weighted by atomic mass is 10.2. The molecule has 0 unspecified atom stereocenters. The molecule has 4 rings (SSSR count). The standard InChI is InChI=1S/C17H18N6O/c24-17-19-9-11-22(17)10-8-18-15-6-7-16-20-12-14(23(16)21-15)13-4-2-1-3-5-13/h1-7,12H,8-11H2,(H,18,21)(H,19,24). The number of hydrogen-bond donors (Lipinski definition) is 2. The first-order chi connectivity index (χ1) is 11.8. The predicted octanol–water partition coefficient (Wildman–Crippen LogP) is 1.83. The van der Waals surface area contributed by atoms with E-state index in [0.717, 1.165) is 35.8 Å². The molecule has 7 heteroatoms. The Morgan fingerprint density at radius 2 is 2.04 bits per heavy atom. The first-order valence-electron chi connectivity index (χ1n) is 7.98. The van der Waals surface area contributed by atoms with Gasteiger partial charge in [-0.1, -0.05) is 30.3 Å². The molecule has 0 atom stereocenters. The summed E-state index contributed by atoms with van der Waals surface area (Å²) in [5.74, 6) is 0.761. The summed E-state index contributed by atoms with van der Waals surface area (Å²) in [6.07, 6.45) is 1.83. The minimum atomic E-state index is 0.00110. The number of benzene rings is 1. The highest BCUT2D eigenvalue weighted by Gasteiger charge is 2.18. The number of carbonyl (C=O) groups is 1. The van der Waals surface area contributed by atoms with Gasteiger partial charge in [0.05, 0.1) is 11.9 Å². The summed E-state index contributed by atoms with van der Waals surface area (Å²) in [5.41, 5.74) is 2.83. The minimum absolute atomic E-state index is 0.00110. The third-order valence-electron chi connectivity index (χ3n) is 4.06. The van der Waals surface area contributed by atoms with Gasteiger partial charge in [-0.05, 0) is 12.1 Å². The second-order valence-corrected chi connectivity index (χ2v) is 5.64. The number of rotatable bonds is 5. The van der Waals surface area contributed by atoms with Crippen molar-refractivity contribution in [2.75, 3.05) is 31.5 Å². The van der Waals surface area contributed by atoms with Crippen LogP contribution in [-0.2, 0) is 0 Å². The van der Waals surface area contributed by atoms with E-state index in [1.165, 1.54) is 0 Å². The summed E-state index contributed by atoms with van der Waals surface area (Å²) >= 11 is 0. The van der Waals surface area contributed by atoms with Gasteiger partial charge in [-0.3, -0.25) is 0 Å². The lowest BCUT2D eigenvalue weighted by molar-refractivity contribution is 0.219. The number of urea groups is 1. The van der Waals surface area contributed by atoms with Crippen molar-refractivity contribution in [2.45, 2.75) is 0 Å². The maximum absolute atomic E-state index is 11.5. The van der Waals surface area contributed by atoms with Crippen LogP contribution >= 0.6 is 0 Å². The van der Waals surface area contributed by atoms with Crippen LogP contribution in [-0.4, -0.2) is 51.7 Å². The topological polar surface area (TPSA) is 74.6 Å². The van der Waals surface area contributed by atoms with Crippen molar-refractivity contribution in [3.63, 3.8) is 0 Å². The van der Waals surface area contributed by atoms with Crippen LogP contribution in [0, 0.1) is 0 Å². The van der Waals surface area contributed by atoms with Crippen molar-refractivity contribution in [3.05, 3.63) is 48.7 Å². The van der Waals surface area contributed by atoms with Crippen molar-refractivity contribution in [1.82, 2.24) is 24.8 Å². The largest absolute Gasteiger partial charge is 0.367 e. The van der Waals surface area contributed by atoms with Crippen molar-refractivity contribution in [3.8, 4) is 11.3 Å². The molecule has 3 heterocycles. The van der Waals surface area contributed by atoms with E-state index in [-0.39, 0.29) is 6.03 Å². The van der Waals surface area contributed by atoms with E-state index in [1.807, 2.05) is 53.2 Å². The Balaban J connectivity index is 1.51. The highest BCUT2D eigenvalue weighted by molar-refractivity contribution is 5.76. The molecule has 7 nitrogen and oxygen atoms in total. The van der Waals surface area contributed by atoms with Crippen LogP contribution in [0.1, 0.15) is 0 Å². The normalized spacial score (nSPS) is 14.2. The van der Waals surface area contributed by atoms with E-state index in [1.54, 1.807) is 4.90 Å². The molecule has 1 fully saturated rings. The van der Waals surface area contributed by atoms with Gasteiger partial charge in [0.1, 0.15) is 5.82 Å². The molecule has 0 spiro atoms. The van der Waals surface area contributed by atoms with Crippen molar-refractivity contribution >= 4 is 17.5 Å². The number of carbonyl (C=O) groups excluding carboxylic acids is 1. The third kappa shape index (κ3) is 2.76. The molecule has 0 saturated carbocycles. The Morgan fingerprint density at radius 3 is 2.83 bits per heavy atom. The number of nitrogens with one attached hydrogen (secondary N) is 2. The molecule has 0 radical (unpaired) electrons. The minimum Gasteiger partial charge on any atom is -0.367 e. The molecule has 1 aliphatic heterocycles. The first-order valence-corrected chi connectivity index (χ1v) is 7.98. The third-order valence-corrected chi connectivity index (χ3v) is 4.06. The summed E-state index contributed by atoms with van der Waals surface area (Å²) in [6, 6.07) is 13.9. The lowest BCUT2D eigenvalue weighted by Crippen LogP contribution is -2.32. The van der Waals surface area contributed by atoms with Crippen LogP contribution in [0.3, 0.4) is 0 Å². The van der Waals surface area contributed by atoms with E-state index in [9.17, 15) is 4.79 Å². The molecule has 3 aromatic rings. The number of nitrogens with zero attached hydrogens (tertiary/aromatic N) is 4. The molecular weight excluding hydrogens is 304 g/mol. The molecule has 2 N–H and O–H groups in total. The Bertz CT molecular complexity index is 860. The lowest BCUT2D eigenvalue weighted by Gasteiger charge is -2.14. The summed E-state index contributed by atoms with van der Waals surface area (Å²) in [7, 11) is 0. The average molecular weight is 322 g/mol. The van der Waals surface area contributed by atoms with Crippen LogP contribution in [0.5, 0.6) is 0 Å². The predicted molar refractivity (Wildman–Crippen MR) is 91.9 cm³/mol. The number of imidazole rings is 1. The van der Waals surface area contributed by atoms with Crippen LogP contribution in [0.2, 0.25) is 0 Å². The molecule has 1 saturated heterocycles. The molecule has 0 bridgehead atoms. The summed E-state index contributed by atoms with van der Waals surface area (Å²) < 4.78 is 1.83. The Morgan fingerprint density at radius 1 is 1.17 bits per heavy atom. The smallest absolute Gasteiger partial charge is 0.317 e. The Hall–Kier alpha value is -3.09. The Kier molecular flexibility index (Phi) is 3.74. The molecule has 122 valence electrons. The van der Waals surface area contributed by atoms with Gasteiger partial charge in [-0.15, -0.1) is 5.10 Å². The summed E-state index contributed by atoms with van der Waals surface area (Å²) in [5, 5.41) is 10.7.